The van der Waals surface area contributed by atoms with Gasteiger partial charge in [0, 0.05) is 11.4 Å². The van der Waals surface area contributed by atoms with E-state index in [-0.39, 0.29) is 27.8 Å². The summed E-state index contributed by atoms with van der Waals surface area (Å²) in [6.07, 6.45) is 0. The van der Waals surface area contributed by atoms with Gasteiger partial charge in [0.25, 0.3) is 0 Å². The van der Waals surface area contributed by atoms with Crippen LogP contribution in [0.4, 0.5) is 0 Å². The molecule has 0 unspecified atom stereocenters. The third kappa shape index (κ3) is 5.54. The van der Waals surface area contributed by atoms with Gasteiger partial charge < -0.3 is 4.74 Å². The van der Waals surface area contributed by atoms with Crippen molar-refractivity contribution in [1.82, 2.24) is 4.72 Å². The molecule has 30 heavy (non-hydrogen) atoms. The fourth-order valence-electron chi connectivity index (χ4n) is 2.56. The molecule has 0 spiro atoms. The van der Waals surface area contributed by atoms with Gasteiger partial charge >= 0.3 is 5.97 Å². The maximum atomic E-state index is 12.7. The lowest BCUT2D eigenvalue weighted by Crippen LogP contribution is -2.24. The van der Waals surface area contributed by atoms with Crippen molar-refractivity contribution in [2.24, 2.45) is 0 Å². The summed E-state index contributed by atoms with van der Waals surface area (Å²) in [5.74, 6) is -1.14. The summed E-state index contributed by atoms with van der Waals surface area (Å²) in [5, 5.41) is -0.0303. The average Bonchev–Trinajstić information content (AvgIpc) is 3.17. The molecule has 1 aromatic heterocycles. The van der Waals surface area contributed by atoms with Gasteiger partial charge in [0.2, 0.25) is 15.8 Å². The molecule has 1 heterocycles. The van der Waals surface area contributed by atoms with Crippen molar-refractivity contribution in [2.45, 2.75) is 18.4 Å². The summed E-state index contributed by atoms with van der Waals surface area (Å²) >= 11 is 7.36. The first-order valence-corrected chi connectivity index (χ1v) is 11.5. The Morgan fingerprint density at radius 1 is 1.07 bits per heavy atom. The van der Waals surface area contributed by atoms with Gasteiger partial charge in [-0.3, -0.25) is 4.79 Å². The highest BCUT2D eigenvalue weighted by molar-refractivity contribution is 7.89. The first kappa shape index (κ1) is 22.2. The van der Waals surface area contributed by atoms with Crippen molar-refractivity contribution >= 4 is 44.7 Å². The number of ether oxygens (including phenoxy) is 1. The van der Waals surface area contributed by atoms with E-state index in [2.05, 4.69) is 4.72 Å². The maximum Gasteiger partial charge on any atom is 0.338 e. The minimum atomic E-state index is -3.97. The number of carbonyl (C=O) groups is 2. The van der Waals surface area contributed by atoms with Crippen LogP contribution in [0.15, 0.2) is 65.6 Å². The fourth-order valence-corrected chi connectivity index (χ4v) is 4.89. The largest absolute Gasteiger partial charge is 0.454 e. The molecule has 0 aliphatic rings. The molecule has 0 bridgehead atoms. The van der Waals surface area contributed by atoms with E-state index in [1.807, 2.05) is 13.0 Å². The van der Waals surface area contributed by atoms with E-state index in [0.29, 0.717) is 4.88 Å². The van der Waals surface area contributed by atoms with Crippen LogP contribution in [-0.4, -0.2) is 26.8 Å². The molecular weight excluding hydrogens is 446 g/mol. The van der Waals surface area contributed by atoms with Crippen molar-refractivity contribution in [2.75, 3.05) is 6.61 Å². The third-order valence-corrected chi connectivity index (χ3v) is 7.04. The van der Waals surface area contributed by atoms with Gasteiger partial charge in [-0.05, 0) is 42.8 Å². The van der Waals surface area contributed by atoms with Crippen LogP contribution in [-0.2, 0) is 21.3 Å². The molecule has 0 amide bonds. The number of aryl methyl sites for hydroxylation is 1. The highest BCUT2D eigenvalue weighted by Gasteiger charge is 2.21. The van der Waals surface area contributed by atoms with Gasteiger partial charge in [0.15, 0.2) is 6.61 Å². The molecule has 0 aliphatic heterocycles. The van der Waals surface area contributed by atoms with Gasteiger partial charge in [-0.1, -0.05) is 41.9 Å². The third-order valence-electron chi connectivity index (χ3n) is 4.12. The smallest absolute Gasteiger partial charge is 0.338 e. The predicted molar refractivity (Wildman–Crippen MR) is 116 cm³/mol. The second kappa shape index (κ2) is 9.53. The van der Waals surface area contributed by atoms with Gasteiger partial charge in [0.05, 0.1) is 15.5 Å². The zero-order valence-corrected chi connectivity index (χ0v) is 18.3. The molecule has 0 saturated carbocycles. The van der Waals surface area contributed by atoms with E-state index in [0.717, 1.165) is 16.5 Å². The van der Waals surface area contributed by atoms with Crippen molar-refractivity contribution in [3.05, 3.63) is 86.6 Å². The number of ketones is 1. The lowest BCUT2D eigenvalue weighted by Gasteiger charge is -2.10. The Balaban J connectivity index is 1.70. The van der Waals surface area contributed by atoms with E-state index in [9.17, 15) is 18.0 Å². The van der Waals surface area contributed by atoms with Crippen molar-refractivity contribution in [1.29, 1.82) is 0 Å². The SMILES string of the molecule is Cc1ccc(C(=O)COC(=O)c2ccc(Cl)c(S(=O)(=O)NCc3ccccc3)c2)s1. The molecule has 1 N–H and O–H groups in total. The summed E-state index contributed by atoms with van der Waals surface area (Å²) in [7, 11) is -3.97. The minimum absolute atomic E-state index is 0.0188. The Bertz CT molecular complexity index is 1170. The Kier molecular flexibility index (Phi) is 7.04. The minimum Gasteiger partial charge on any atom is -0.454 e. The predicted octanol–water partition coefficient (Wildman–Crippen LogP) is 4.23. The Labute approximate surface area is 183 Å². The van der Waals surface area contributed by atoms with Crippen molar-refractivity contribution in [3.8, 4) is 0 Å². The number of nitrogens with one attached hydrogen (secondary N) is 1. The number of rotatable bonds is 8. The summed E-state index contributed by atoms with van der Waals surface area (Å²) in [4.78, 5) is 25.6. The maximum absolute atomic E-state index is 12.7. The number of sulfonamides is 1. The fraction of sp³-hybridized carbons (Fsp3) is 0.143. The number of Topliss-reactive ketones (excluding diaryl/α,β-unsaturated/α-hetero) is 1. The highest BCUT2D eigenvalue weighted by atomic mass is 35.5. The second-order valence-corrected chi connectivity index (χ2v) is 9.80. The zero-order chi connectivity index (χ0) is 21.7. The van der Waals surface area contributed by atoms with Crippen LogP contribution < -0.4 is 4.72 Å². The van der Waals surface area contributed by atoms with E-state index >= 15 is 0 Å². The molecule has 9 heteroatoms. The van der Waals surface area contributed by atoms with E-state index in [1.165, 1.54) is 23.5 Å². The molecule has 0 saturated heterocycles. The van der Waals surface area contributed by atoms with Crippen LogP contribution in [0.25, 0.3) is 0 Å². The van der Waals surface area contributed by atoms with E-state index in [4.69, 9.17) is 16.3 Å². The molecule has 0 radical (unpaired) electrons. The lowest BCUT2D eigenvalue weighted by molar-refractivity contribution is 0.0475. The Hall–Kier alpha value is -2.52. The summed E-state index contributed by atoms with van der Waals surface area (Å²) in [6.45, 7) is 1.51. The number of thiophene rings is 1. The molecule has 0 atom stereocenters. The lowest BCUT2D eigenvalue weighted by atomic mass is 10.2. The van der Waals surface area contributed by atoms with Gasteiger partial charge in [-0.25, -0.2) is 17.9 Å². The zero-order valence-electron chi connectivity index (χ0n) is 15.9. The van der Waals surface area contributed by atoms with Crippen LogP contribution in [0.1, 0.15) is 30.5 Å². The van der Waals surface area contributed by atoms with Crippen LogP contribution in [0.5, 0.6) is 0 Å². The Morgan fingerprint density at radius 2 is 1.80 bits per heavy atom. The Morgan fingerprint density at radius 3 is 2.47 bits per heavy atom. The molecule has 0 aliphatic carbocycles. The number of carbonyl (C=O) groups excluding carboxylic acids is 2. The van der Waals surface area contributed by atoms with Crippen molar-refractivity contribution < 1.29 is 22.7 Å². The van der Waals surface area contributed by atoms with E-state index in [1.54, 1.807) is 36.4 Å². The standard InChI is InChI=1S/C21H18ClNO5S2/c1-14-7-10-19(29-14)18(24)13-28-21(25)16-8-9-17(22)20(11-16)30(26,27)23-12-15-5-3-2-4-6-15/h2-11,23H,12-13H2,1H3. The van der Waals surface area contributed by atoms with Gasteiger partial charge in [-0.2, -0.15) is 0 Å². The van der Waals surface area contributed by atoms with Gasteiger partial charge in [-0.15, -0.1) is 11.3 Å². The number of halogens is 1. The number of benzene rings is 2. The second-order valence-electron chi connectivity index (χ2n) is 6.36. The molecule has 3 aromatic rings. The first-order valence-electron chi connectivity index (χ1n) is 8.86. The monoisotopic (exact) mass is 463 g/mol. The molecule has 3 rings (SSSR count). The van der Waals surface area contributed by atoms with Crippen LogP contribution in [0.2, 0.25) is 5.02 Å². The normalized spacial score (nSPS) is 11.3. The molecule has 0 fully saturated rings. The number of esters is 1. The highest BCUT2D eigenvalue weighted by Crippen LogP contribution is 2.23. The topological polar surface area (TPSA) is 89.5 Å². The van der Waals surface area contributed by atoms with Crippen LogP contribution >= 0.6 is 22.9 Å². The van der Waals surface area contributed by atoms with Gasteiger partial charge in [0.1, 0.15) is 4.90 Å². The number of hydrogen-bond acceptors (Lipinski definition) is 6. The first-order chi connectivity index (χ1) is 14.3. The summed E-state index contributed by atoms with van der Waals surface area (Å²) in [5.41, 5.74) is 0.754. The number of hydrogen-bond donors (Lipinski definition) is 1. The molecule has 156 valence electrons. The summed E-state index contributed by atoms with van der Waals surface area (Å²) in [6, 6.07) is 16.2. The molecular formula is C21H18ClNO5S2. The quantitative estimate of drug-likeness (QED) is 0.399. The van der Waals surface area contributed by atoms with Crippen molar-refractivity contribution in [3.63, 3.8) is 0 Å². The van der Waals surface area contributed by atoms with Crippen LogP contribution in [0, 0.1) is 6.92 Å². The average molecular weight is 464 g/mol. The molecule has 6 nitrogen and oxygen atoms in total. The van der Waals surface area contributed by atoms with Crippen LogP contribution in [0.3, 0.4) is 0 Å². The molecule has 2 aromatic carbocycles. The van der Waals surface area contributed by atoms with E-state index < -0.39 is 22.6 Å². The summed E-state index contributed by atoms with van der Waals surface area (Å²) < 4.78 is 32.8.